The van der Waals surface area contributed by atoms with Gasteiger partial charge >= 0.3 is 0 Å². The predicted octanol–water partition coefficient (Wildman–Crippen LogP) is 2.76. The van der Waals surface area contributed by atoms with Crippen molar-refractivity contribution in [3.05, 3.63) is 42.2 Å². The number of benzene rings is 1. The number of nitrogens with zero attached hydrogens (tertiary/aromatic N) is 3. The van der Waals surface area contributed by atoms with E-state index in [0.717, 1.165) is 26.2 Å². The van der Waals surface area contributed by atoms with Gasteiger partial charge in [-0.2, -0.15) is 5.10 Å². The highest BCUT2D eigenvalue weighted by molar-refractivity contribution is 5.85. The number of fused-ring (bicyclic) bond motifs is 1. The topological polar surface area (TPSA) is 33.1 Å². The lowest BCUT2D eigenvalue weighted by Gasteiger charge is -2.31. The lowest BCUT2D eigenvalue weighted by Crippen LogP contribution is -2.33. The van der Waals surface area contributed by atoms with E-state index in [-0.39, 0.29) is 12.4 Å². The molecule has 1 aliphatic rings. The molecule has 0 amide bonds. The van der Waals surface area contributed by atoms with Gasteiger partial charge in [-0.15, -0.1) is 12.4 Å². The summed E-state index contributed by atoms with van der Waals surface area (Å²) in [4.78, 5) is 2.41. The summed E-state index contributed by atoms with van der Waals surface area (Å²) in [5, 5.41) is 7.76. The van der Waals surface area contributed by atoms with Crippen LogP contribution in [0.2, 0.25) is 0 Å². The van der Waals surface area contributed by atoms with Crippen molar-refractivity contribution in [2.75, 3.05) is 23.3 Å². The first-order valence-corrected chi connectivity index (χ1v) is 6.46. The van der Waals surface area contributed by atoms with Gasteiger partial charge in [0.15, 0.2) is 0 Å². The molecular weight excluding hydrogens is 260 g/mol. The second-order valence-electron chi connectivity index (χ2n) is 4.57. The van der Waals surface area contributed by atoms with Crippen molar-refractivity contribution >= 4 is 23.8 Å². The number of halogens is 1. The van der Waals surface area contributed by atoms with Crippen LogP contribution in [0.4, 0.5) is 11.4 Å². The van der Waals surface area contributed by atoms with Gasteiger partial charge in [0, 0.05) is 37.9 Å². The van der Waals surface area contributed by atoms with Crippen LogP contribution in [0.5, 0.6) is 0 Å². The number of anilines is 2. The SMILES string of the molecule is CCn1cc(CN2CCNc3ccccc32)cn1.Cl. The highest BCUT2D eigenvalue weighted by Crippen LogP contribution is 2.29. The van der Waals surface area contributed by atoms with Crippen LogP contribution in [0, 0.1) is 0 Å². The number of rotatable bonds is 3. The number of hydrogen-bond donors (Lipinski definition) is 1. The molecule has 19 heavy (non-hydrogen) atoms. The van der Waals surface area contributed by atoms with E-state index in [4.69, 9.17) is 0 Å². The first-order chi connectivity index (χ1) is 8.86. The average molecular weight is 279 g/mol. The minimum absolute atomic E-state index is 0. The number of hydrogen-bond acceptors (Lipinski definition) is 3. The summed E-state index contributed by atoms with van der Waals surface area (Å²) in [5.74, 6) is 0. The summed E-state index contributed by atoms with van der Waals surface area (Å²) in [6, 6.07) is 8.47. The van der Waals surface area contributed by atoms with Crippen molar-refractivity contribution in [2.24, 2.45) is 0 Å². The quantitative estimate of drug-likeness (QED) is 0.937. The second-order valence-corrected chi connectivity index (χ2v) is 4.57. The summed E-state index contributed by atoms with van der Waals surface area (Å²) < 4.78 is 1.98. The maximum Gasteiger partial charge on any atom is 0.0605 e. The van der Waals surface area contributed by atoms with Crippen LogP contribution in [0.25, 0.3) is 0 Å². The van der Waals surface area contributed by atoms with Gasteiger partial charge in [-0.05, 0) is 19.1 Å². The zero-order valence-electron chi connectivity index (χ0n) is 11.0. The molecule has 1 aromatic heterocycles. The molecule has 0 atom stereocenters. The third kappa shape index (κ3) is 2.84. The van der Waals surface area contributed by atoms with Crippen LogP contribution in [0.1, 0.15) is 12.5 Å². The minimum atomic E-state index is 0. The molecule has 5 heteroatoms. The minimum Gasteiger partial charge on any atom is -0.382 e. The van der Waals surface area contributed by atoms with Crippen LogP contribution in [0.15, 0.2) is 36.7 Å². The summed E-state index contributed by atoms with van der Waals surface area (Å²) in [5.41, 5.74) is 3.79. The molecule has 0 aliphatic carbocycles. The Bertz CT molecular complexity index is 538. The fraction of sp³-hybridized carbons (Fsp3) is 0.357. The summed E-state index contributed by atoms with van der Waals surface area (Å²) >= 11 is 0. The van der Waals surface area contributed by atoms with E-state index in [9.17, 15) is 0 Å². The zero-order chi connectivity index (χ0) is 12.4. The molecule has 0 saturated carbocycles. The fourth-order valence-corrected chi connectivity index (χ4v) is 2.39. The molecule has 0 spiro atoms. The summed E-state index contributed by atoms with van der Waals surface area (Å²) in [6.45, 7) is 6.00. The highest BCUT2D eigenvalue weighted by Gasteiger charge is 2.16. The summed E-state index contributed by atoms with van der Waals surface area (Å²) in [7, 11) is 0. The van der Waals surface area contributed by atoms with Gasteiger partial charge in [-0.1, -0.05) is 12.1 Å². The Hall–Kier alpha value is -1.68. The molecule has 1 aromatic carbocycles. The Morgan fingerprint density at radius 1 is 1.32 bits per heavy atom. The molecule has 2 heterocycles. The molecule has 1 aliphatic heterocycles. The monoisotopic (exact) mass is 278 g/mol. The van der Waals surface area contributed by atoms with Crippen LogP contribution in [-0.4, -0.2) is 22.9 Å². The van der Waals surface area contributed by atoms with Crippen LogP contribution >= 0.6 is 12.4 Å². The molecule has 102 valence electrons. The second kappa shape index (κ2) is 5.97. The number of aromatic nitrogens is 2. The lowest BCUT2D eigenvalue weighted by molar-refractivity contribution is 0.658. The van der Waals surface area contributed by atoms with E-state index in [1.54, 1.807) is 0 Å². The van der Waals surface area contributed by atoms with Gasteiger partial charge in [0.05, 0.1) is 17.6 Å². The molecule has 4 nitrogen and oxygen atoms in total. The third-order valence-corrected chi connectivity index (χ3v) is 3.33. The van der Waals surface area contributed by atoms with Crippen molar-refractivity contribution in [1.82, 2.24) is 9.78 Å². The van der Waals surface area contributed by atoms with Gasteiger partial charge in [0.25, 0.3) is 0 Å². The van der Waals surface area contributed by atoms with Gasteiger partial charge in [-0.25, -0.2) is 0 Å². The Kier molecular flexibility index (Phi) is 4.32. The maximum absolute atomic E-state index is 4.33. The number of aryl methyl sites for hydroxylation is 1. The normalized spacial score (nSPS) is 13.4. The zero-order valence-corrected chi connectivity index (χ0v) is 11.9. The molecule has 3 rings (SSSR count). The smallest absolute Gasteiger partial charge is 0.0605 e. The van der Waals surface area contributed by atoms with Crippen LogP contribution in [-0.2, 0) is 13.1 Å². The number of para-hydroxylation sites is 2. The van der Waals surface area contributed by atoms with Crippen LogP contribution < -0.4 is 10.2 Å². The van der Waals surface area contributed by atoms with E-state index in [2.05, 4.69) is 52.7 Å². The Morgan fingerprint density at radius 3 is 2.95 bits per heavy atom. The maximum atomic E-state index is 4.33. The van der Waals surface area contributed by atoms with Crippen molar-refractivity contribution in [2.45, 2.75) is 20.0 Å². The van der Waals surface area contributed by atoms with E-state index >= 15 is 0 Å². The van der Waals surface area contributed by atoms with Crippen LogP contribution in [0.3, 0.4) is 0 Å². The highest BCUT2D eigenvalue weighted by atomic mass is 35.5. The van der Waals surface area contributed by atoms with E-state index < -0.39 is 0 Å². The standard InChI is InChI=1S/C14H18N4.ClH/c1-2-18-11-12(9-16-18)10-17-8-7-15-13-5-3-4-6-14(13)17;/h3-6,9,11,15H,2,7-8,10H2,1H3;1H. The molecule has 0 saturated heterocycles. The molecule has 0 radical (unpaired) electrons. The van der Waals surface area contributed by atoms with Gasteiger partial charge in [0.1, 0.15) is 0 Å². The predicted molar refractivity (Wildman–Crippen MR) is 81.1 cm³/mol. The Labute approximate surface area is 119 Å². The number of nitrogens with one attached hydrogen (secondary N) is 1. The Morgan fingerprint density at radius 2 is 2.16 bits per heavy atom. The summed E-state index contributed by atoms with van der Waals surface area (Å²) in [6.07, 6.45) is 4.10. The van der Waals surface area contributed by atoms with Gasteiger partial charge in [-0.3, -0.25) is 4.68 Å². The van der Waals surface area contributed by atoms with Gasteiger partial charge in [0.2, 0.25) is 0 Å². The van der Waals surface area contributed by atoms with Crippen molar-refractivity contribution in [3.8, 4) is 0 Å². The largest absolute Gasteiger partial charge is 0.382 e. The molecule has 0 fully saturated rings. The van der Waals surface area contributed by atoms with Crippen molar-refractivity contribution in [1.29, 1.82) is 0 Å². The van der Waals surface area contributed by atoms with Gasteiger partial charge < -0.3 is 10.2 Å². The third-order valence-electron chi connectivity index (χ3n) is 3.33. The molecular formula is C14H19ClN4. The first kappa shape index (κ1) is 13.7. The van der Waals surface area contributed by atoms with E-state index in [1.165, 1.54) is 16.9 Å². The fourth-order valence-electron chi connectivity index (χ4n) is 2.39. The first-order valence-electron chi connectivity index (χ1n) is 6.46. The van der Waals surface area contributed by atoms with E-state index in [1.807, 2.05) is 10.9 Å². The van der Waals surface area contributed by atoms with E-state index in [0.29, 0.717) is 0 Å². The molecule has 2 aromatic rings. The Balaban J connectivity index is 0.00000133. The van der Waals surface area contributed by atoms with Crippen molar-refractivity contribution in [3.63, 3.8) is 0 Å². The average Bonchev–Trinajstić information content (AvgIpc) is 2.87. The molecule has 0 unspecified atom stereocenters. The van der Waals surface area contributed by atoms with Crippen molar-refractivity contribution < 1.29 is 0 Å². The molecule has 1 N–H and O–H groups in total. The lowest BCUT2D eigenvalue weighted by atomic mass is 10.2. The molecule has 0 bridgehead atoms.